The van der Waals surface area contributed by atoms with E-state index in [4.69, 9.17) is 2.74 Å². The van der Waals surface area contributed by atoms with Gasteiger partial charge in [0.05, 0.1) is 0 Å². The molecule has 1 saturated heterocycles. The summed E-state index contributed by atoms with van der Waals surface area (Å²) in [6.07, 6.45) is 2.28. The van der Waals surface area contributed by atoms with Crippen molar-refractivity contribution in [2.24, 2.45) is 17.3 Å². The van der Waals surface area contributed by atoms with Gasteiger partial charge in [-0.25, -0.2) is 0 Å². The van der Waals surface area contributed by atoms with E-state index in [0.717, 1.165) is 13.0 Å². The maximum Gasteiger partial charge on any atom is 0.0270 e. The van der Waals surface area contributed by atoms with Crippen LogP contribution in [0.2, 0.25) is 0 Å². The lowest BCUT2D eigenvalue weighted by molar-refractivity contribution is -0.0257. The first-order chi connectivity index (χ1) is 8.43. The average molecular weight is 239 g/mol. The molecular formula is C16H31N. The molecule has 1 heterocycles. The van der Waals surface area contributed by atoms with Crippen molar-refractivity contribution in [3.8, 4) is 0 Å². The van der Waals surface area contributed by atoms with Crippen molar-refractivity contribution in [3.05, 3.63) is 0 Å². The summed E-state index contributed by atoms with van der Waals surface area (Å²) in [6.45, 7) is 15.1. The van der Waals surface area contributed by atoms with E-state index in [2.05, 4.69) is 46.4 Å². The van der Waals surface area contributed by atoms with Gasteiger partial charge in [-0.3, -0.25) is 4.90 Å². The molecule has 0 aromatic rings. The van der Waals surface area contributed by atoms with Gasteiger partial charge in [-0.15, -0.1) is 0 Å². The molecule has 2 aliphatic rings. The summed E-state index contributed by atoms with van der Waals surface area (Å²) in [4.78, 5) is 2.65. The Morgan fingerprint density at radius 1 is 1.00 bits per heavy atom. The van der Waals surface area contributed by atoms with Gasteiger partial charge in [-0.1, -0.05) is 20.8 Å². The van der Waals surface area contributed by atoms with Crippen LogP contribution in [0.5, 0.6) is 0 Å². The molecule has 3 unspecified atom stereocenters. The molecule has 3 atom stereocenters. The summed E-state index contributed by atoms with van der Waals surface area (Å²) >= 11 is 0. The van der Waals surface area contributed by atoms with E-state index in [1.165, 1.54) is 12.8 Å². The molecule has 1 heteroatoms. The molecule has 1 nitrogen and oxygen atoms in total. The Bertz CT molecular complexity index is 338. The Morgan fingerprint density at radius 2 is 1.59 bits per heavy atom. The van der Waals surface area contributed by atoms with Crippen LogP contribution in [0.3, 0.4) is 0 Å². The van der Waals surface area contributed by atoms with E-state index in [1.807, 2.05) is 0 Å². The molecule has 0 amide bonds. The smallest absolute Gasteiger partial charge is 0.0270 e. The Kier molecular flexibility index (Phi) is 2.72. The van der Waals surface area contributed by atoms with Crippen LogP contribution >= 0.6 is 0 Å². The first kappa shape index (κ1) is 10.8. The van der Waals surface area contributed by atoms with E-state index in [0.29, 0.717) is 17.9 Å². The van der Waals surface area contributed by atoms with Crippen molar-refractivity contribution in [3.63, 3.8) is 0 Å². The fraction of sp³-hybridized carbons (Fsp3) is 1.00. The second-order valence-corrected chi connectivity index (χ2v) is 8.05. The summed E-state index contributed by atoms with van der Waals surface area (Å²) in [7, 11) is 0. The fourth-order valence-electron chi connectivity index (χ4n) is 3.38. The molecule has 1 aliphatic carbocycles. The van der Waals surface area contributed by atoms with Crippen LogP contribution in [0.25, 0.3) is 0 Å². The molecule has 0 radical (unpaired) electrons. The Balaban J connectivity index is 2.12. The van der Waals surface area contributed by atoms with Crippen LogP contribution in [-0.2, 0) is 0 Å². The molecule has 0 spiro atoms. The fourth-order valence-corrected chi connectivity index (χ4v) is 3.38. The van der Waals surface area contributed by atoms with Crippen molar-refractivity contribution in [2.75, 3.05) is 6.54 Å². The van der Waals surface area contributed by atoms with Crippen LogP contribution in [-0.4, -0.2) is 23.0 Å². The zero-order valence-electron chi connectivity index (χ0n) is 14.5. The topological polar surface area (TPSA) is 3.24 Å². The third-order valence-electron chi connectivity index (χ3n) is 4.51. The van der Waals surface area contributed by atoms with Gasteiger partial charge in [0.1, 0.15) is 0 Å². The molecular weight excluding hydrogens is 206 g/mol. The summed E-state index contributed by atoms with van der Waals surface area (Å²) < 4.78 is 15.8. The van der Waals surface area contributed by atoms with E-state index in [-0.39, 0.29) is 11.0 Å². The SMILES string of the molecule is [2H]C1([2H])CC1C1CCN(C(C)(C)C)C(C(C)(C)C)C1. The predicted molar refractivity (Wildman–Crippen MR) is 75.2 cm³/mol. The van der Waals surface area contributed by atoms with E-state index < -0.39 is 6.37 Å². The molecule has 2 rings (SSSR count). The lowest BCUT2D eigenvalue weighted by Gasteiger charge is -2.52. The molecule has 0 N–H and O–H groups in total. The highest BCUT2D eigenvalue weighted by Gasteiger charge is 2.44. The Morgan fingerprint density at radius 3 is 2.00 bits per heavy atom. The number of hydrogen-bond donors (Lipinski definition) is 0. The van der Waals surface area contributed by atoms with Gasteiger partial charge in [-0.2, -0.15) is 0 Å². The number of rotatable bonds is 1. The lowest BCUT2D eigenvalue weighted by atomic mass is 9.74. The Hall–Kier alpha value is -0.0400. The van der Waals surface area contributed by atoms with E-state index in [9.17, 15) is 0 Å². The van der Waals surface area contributed by atoms with Crippen LogP contribution in [0.1, 0.15) is 69.9 Å². The molecule has 1 aliphatic heterocycles. The van der Waals surface area contributed by atoms with Crippen LogP contribution in [0.4, 0.5) is 0 Å². The third kappa shape index (κ3) is 3.05. The van der Waals surface area contributed by atoms with Crippen molar-refractivity contribution in [1.82, 2.24) is 4.90 Å². The molecule has 0 aromatic carbocycles. The Labute approximate surface area is 111 Å². The molecule has 0 bridgehead atoms. The number of nitrogens with zero attached hydrogens (tertiary/aromatic N) is 1. The first-order valence-corrected chi connectivity index (χ1v) is 7.20. The monoisotopic (exact) mass is 239 g/mol. The standard InChI is InChI=1S/C16H31N/c1-15(2,3)14-11-13(12-7-8-12)9-10-17(14)16(4,5)6/h12-14H,7-11H2,1-6H3/i7D2. The molecule has 17 heavy (non-hydrogen) atoms. The number of hydrogen-bond acceptors (Lipinski definition) is 1. The highest BCUT2D eigenvalue weighted by atomic mass is 15.2. The maximum absolute atomic E-state index is 7.89. The first-order valence-electron chi connectivity index (χ1n) is 8.20. The predicted octanol–water partition coefficient (Wildman–Crippen LogP) is 4.32. The summed E-state index contributed by atoms with van der Waals surface area (Å²) in [5, 5.41) is 0. The van der Waals surface area contributed by atoms with Crippen molar-refractivity contribution in [1.29, 1.82) is 0 Å². The van der Waals surface area contributed by atoms with Gasteiger partial charge in [0, 0.05) is 14.3 Å². The zero-order chi connectivity index (χ0) is 14.6. The van der Waals surface area contributed by atoms with Crippen LogP contribution in [0, 0.1) is 17.3 Å². The van der Waals surface area contributed by atoms with Crippen LogP contribution < -0.4 is 0 Å². The van der Waals surface area contributed by atoms with Gasteiger partial charge in [0.25, 0.3) is 0 Å². The normalized spacial score (nSPS) is 40.7. The minimum absolute atomic E-state index is 0.214. The quantitative estimate of drug-likeness (QED) is 0.658. The van der Waals surface area contributed by atoms with Crippen molar-refractivity contribution >= 4 is 0 Å². The molecule has 100 valence electrons. The minimum atomic E-state index is -0.864. The second kappa shape index (κ2) is 4.26. The van der Waals surface area contributed by atoms with Gasteiger partial charge in [-0.05, 0) is 70.2 Å². The van der Waals surface area contributed by atoms with Gasteiger partial charge in [0.15, 0.2) is 0 Å². The molecule has 2 fully saturated rings. The second-order valence-electron chi connectivity index (χ2n) is 8.05. The largest absolute Gasteiger partial charge is 0.295 e. The summed E-state index contributed by atoms with van der Waals surface area (Å²) in [5.74, 6) is 0.928. The molecule has 1 saturated carbocycles. The van der Waals surface area contributed by atoms with Crippen molar-refractivity contribution in [2.45, 2.75) is 78.8 Å². The highest BCUT2D eigenvalue weighted by molar-refractivity contribution is 4.97. The zero-order valence-corrected chi connectivity index (χ0v) is 12.5. The summed E-state index contributed by atoms with van der Waals surface area (Å²) in [6, 6.07) is 0.572. The highest BCUT2D eigenvalue weighted by Crippen LogP contribution is 2.47. The van der Waals surface area contributed by atoms with Gasteiger partial charge in [0.2, 0.25) is 0 Å². The van der Waals surface area contributed by atoms with E-state index >= 15 is 0 Å². The number of likely N-dealkylation sites (tertiary alicyclic amines) is 1. The third-order valence-corrected chi connectivity index (χ3v) is 4.51. The van der Waals surface area contributed by atoms with Gasteiger partial charge < -0.3 is 0 Å². The van der Waals surface area contributed by atoms with Crippen molar-refractivity contribution < 1.29 is 2.74 Å². The maximum atomic E-state index is 7.89. The van der Waals surface area contributed by atoms with Crippen LogP contribution in [0.15, 0.2) is 0 Å². The molecule has 0 aromatic heterocycles. The number of piperidine rings is 1. The lowest BCUT2D eigenvalue weighted by Crippen LogP contribution is -2.57. The van der Waals surface area contributed by atoms with Gasteiger partial charge >= 0.3 is 0 Å². The van der Waals surface area contributed by atoms with E-state index in [1.54, 1.807) is 0 Å². The average Bonchev–Trinajstić information content (AvgIpc) is 2.84. The minimum Gasteiger partial charge on any atom is -0.295 e. The summed E-state index contributed by atoms with van der Waals surface area (Å²) in [5.41, 5.74) is 0.485.